The van der Waals surface area contributed by atoms with Gasteiger partial charge in [-0.25, -0.2) is 17.9 Å². The van der Waals surface area contributed by atoms with E-state index in [0.29, 0.717) is 44.1 Å². The van der Waals surface area contributed by atoms with E-state index in [2.05, 4.69) is 25.3 Å². The van der Waals surface area contributed by atoms with E-state index in [-0.39, 0.29) is 17.5 Å². The van der Waals surface area contributed by atoms with Gasteiger partial charge in [-0.05, 0) is 58.5 Å². The van der Waals surface area contributed by atoms with Crippen molar-refractivity contribution in [3.8, 4) is 0 Å². The lowest BCUT2D eigenvalue weighted by atomic mass is 10.0. The Morgan fingerprint density at radius 1 is 0.765 bits per heavy atom. The third kappa shape index (κ3) is 4.65. The molecule has 34 heavy (non-hydrogen) atoms. The van der Waals surface area contributed by atoms with Crippen LogP contribution in [0.25, 0.3) is 0 Å². The molecule has 9 heteroatoms. The largest absolute Gasteiger partial charge is 0.369 e. The van der Waals surface area contributed by atoms with Crippen molar-refractivity contribution in [3.05, 3.63) is 107 Å². The molecule has 1 aliphatic rings. The van der Waals surface area contributed by atoms with Crippen molar-refractivity contribution in [2.45, 2.75) is 12.6 Å². The number of aromatic nitrogens is 4. The van der Waals surface area contributed by atoms with E-state index in [1.807, 2.05) is 0 Å². The van der Waals surface area contributed by atoms with Crippen molar-refractivity contribution in [2.24, 2.45) is 0 Å². The second kappa shape index (κ2) is 9.64. The first-order chi connectivity index (χ1) is 16.6. The van der Waals surface area contributed by atoms with Gasteiger partial charge in [-0.15, -0.1) is 5.10 Å². The molecule has 5 rings (SSSR count). The number of tetrazole rings is 1. The lowest BCUT2D eigenvalue weighted by molar-refractivity contribution is 0.198. The fraction of sp³-hybridized carbons (Fsp3) is 0.240. The molecule has 0 spiro atoms. The van der Waals surface area contributed by atoms with Crippen molar-refractivity contribution in [1.29, 1.82) is 0 Å². The van der Waals surface area contributed by atoms with Crippen LogP contribution in [0, 0.1) is 17.5 Å². The van der Waals surface area contributed by atoms with Gasteiger partial charge in [-0.1, -0.05) is 30.3 Å². The number of hydrogen-bond acceptors (Lipinski definition) is 5. The first-order valence-corrected chi connectivity index (χ1v) is 11.1. The van der Waals surface area contributed by atoms with Crippen LogP contribution in [0.15, 0.2) is 72.8 Å². The van der Waals surface area contributed by atoms with Crippen LogP contribution in [-0.4, -0.2) is 51.3 Å². The van der Waals surface area contributed by atoms with Crippen LogP contribution >= 0.6 is 0 Å². The average molecular weight is 464 g/mol. The van der Waals surface area contributed by atoms with E-state index in [1.165, 1.54) is 30.3 Å². The number of rotatable bonds is 6. The minimum absolute atomic E-state index is 0.269. The summed E-state index contributed by atoms with van der Waals surface area (Å²) in [6.07, 6.45) is 0. The fourth-order valence-corrected chi connectivity index (χ4v) is 4.37. The summed E-state index contributed by atoms with van der Waals surface area (Å²) in [4.78, 5) is 4.33. The molecule has 1 fully saturated rings. The summed E-state index contributed by atoms with van der Waals surface area (Å²) < 4.78 is 43.3. The van der Waals surface area contributed by atoms with Crippen molar-refractivity contribution in [2.75, 3.05) is 31.1 Å². The summed E-state index contributed by atoms with van der Waals surface area (Å²) in [7, 11) is 0. The highest BCUT2D eigenvalue weighted by Crippen LogP contribution is 2.31. The number of anilines is 1. The minimum atomic E-state index is -0.494. The zero-order chi connectivity index (χ0) is 23.5. The van der Waals surface area contributed by atoms with Gasteiger partial charge in [0.05, 0.1) is 6.54 Å². The predicted molar refractivity (Wildman–Crippen MR) is 122 cm³/mol. The molecule has 0 bridgehead atoms. The summed E-state index contributed by atoms with van der Waals surface area (Å²) in [5, 5.41) is 12.3. The van der Waals surface area contributed by atoms with Gasteiger partial charge in [0.2, 0.25) is 0 Å². The van der Waals surface area contributed by atoms with Gasteiger partial charge in [0.25, 0.3) is 0 Å². The molecule has 3 aromatic carbocycles. The van der Waals surface area contributed by atoms with Gasteiger partial charge in [0, 0.05) is 37.4 Å². The summed E-state index contributed by atoms with van der Waals surface area (Å²) in [5.41, 5.74) is 2.28. The number of hydrogen-bond donors (Lipinski definition) is 0. The Morgan fingerprint density at radius 2 is 1.41 bits per heavy atom. The molecule has 0 amide bonds. The fourth-order valence-electron chi connectivity index (χ4n) is 4.37. The minimum Gasteiger partial charge on any atom is -0.369 e. The highest BCUT2D eigenvalue weighted by Gasteiger charge is 2.32. The maximum atomic E-state index is 15.0. The summed E-state index contributed by atoms with van der Waals surface area (Å²) >= 11 is 0. The van der Waals surface area contributed by atoms with Crippen LogP contribution in [-0.2, 0) is 6.54 Å². The molecule has 1 unspecified atom stereocenters. The molecule has 0 N–H and O–H groups in total. The zero-order valence-electron chi connectivity index (χ0n) is 18.4. The van der Waals surface area contributed by atoms with Crippen LogP contribution < -0.4 is 4.90 Å². The highest BCUT2D eigenvalue weighted by atomic mass is 19.1. The molecule has 1 aliphatic heterocycles. The quantitative estimate of drug-likeness (QED) is 0.431. The van der Waals surface area contributed by atoms with E-state index >= 15 is 0 Å². The van der Waals surface area contributed by atoms with Gasteiger partial charge in [-0.2, -0.15) is 0 Å². The number of halogens is 3. The van der Waals surface area contributed by atoms with Crippen molar-refractivity contribution in [3.63, 3.8) is 0 Å². The van der Waals surface area contributed by atoms with E-state index in [4.69, 9.17) is 0 Å². The molecule has 174 valence electrons. The van der Waals surface area contributed by atoms with Gasteiger partial charge >= 0.3 is 0 Å². The molecule has 0 aliphatic carbocycles. The summed E-state index contributed by atoms with van der Waals surface area (Å²) in [5.74, 6) is -0.395. The van der Waals surface area contributed by atoms with Crippen molar-refractivity contribution in [1.82, 2.24) is 25.1 Å². The van der Waals surface area contributed by atoms with Crippen LogP contribution in [0.5, 0.6) is 0 Å². The first kappa shape index (κ1) is 22.1. The van der Waals surface area contributed by atoms with Crippen LogP contribution in [0.4, 0.5) is 18.9 Å². The van der Waals surface area contributed by atoms with E-state index in [9.17, 15) is 13.2 Å². The Kier molecular flexibility index (Phi) is 6.27. The molecule has 0 saturated carbocycles. The smallest absolute Gasteiger partial charge is 0.173 e. The molecule has 2 heterocycles. The highest BCUT2D eigenvalue weighted by molar-refractivity contribution is 5.46. The molecule has 1 saturated heterocycles. The molecule has 4 aromatic rings. The molecule has 0 radical (unpaired) electrons. The summed E-state index contributed by atoms with van der Waals surface area (Å²) in [6, 6.07) is 18.7. The summed E-state index contributed by atoms with van der Waals surface area (Å²) in [6.45, 7) is 2.99. The molecular weight excluding hydrogens is 441 g/mol. The van der Waals surface area contributed by atoms with Gasteiger partial charge in [0.15, 0.2) is 5.82 Å². The first-order valence-electron chi connectivity index (χ1n) is 11.1. The SMILES string of the molecule is Fc1ccc(Cn2nnnc2C(c2ccccc2F)N2CCN(c3ccc(F)cc3)CC2)cc1. The lowest BCUT2D eigenvalue weighted by Crippen LogP contribution is -2.48. The van der Waals surface area contributed by atoms with Crippen molar-refractivity contribution < 1.29 is 13.2 Å². The number of benzene rings is 3. The van der Waals surface area contributed by atoms with E-state index < -0.39 is 6.04 Å². The predicted octanol–water partition coefficient (Wildman–Crippen LogP) is 4.05. The Bertz CT molecular complexity index is 1230. The van der Waals surface area contributed by atoms with E-state index in [0.717, 1.165) is 11.3 Å². The Hall–Kier alpha value is -3.72. The monoisotopic (exact) mass is 464 g/mol. The van der Waals surface area contributed by atoms with Gasteiger partial charge in [-0.3, -0.25) is 4.90 Å². The van der Waals surface area contributed by atoms with Crippen LogP contribution in [0.1, 0.15) is 23.0 Å². The Balaban J connectivity index is 1.43. The second-order valence-corrected chi connectivity index (χ2v) is 8.24. The van der Waals surface area contributed by atoms with E-state index in [1.54, 1.807) is 47.1 Å². The molecular formula is C25H23F3N6. The zero-order valence-corrected chi connectivity index (χ0v) is 18.4. The third-order valence-electron chi connectivity index (χ3n) is 6.12. The van der Waals surface area contributed by atoms with Crippen LogP contribution in [0.3, 0.4) is 0 Å². The van der Waals surface area contributed by atoms with Crippen LogP contribution in [0.2, 0.25) is 0 Å². The normalized spacial score (nSPS) is 15.4. The Morgan fingerprint density at radius 3 is 2.09 bits per heavy atom. The third-order valence-corrected chi connectivity index (χ3v) is 6.12. The number of piperazine rings is 1. The maximum Gasteiger partial charge on any atom is 0.173 e. The second-order valence-electron chi connectivity index (χ2n) is 8.24. The standard InChI is InChI=1S/C25H23F3N6/c26-19-7-5-18(6-8-19)17-34-25(29-30-31-34)24(22-3-1-2-4-23(22)28)33-15-13-32(14-16-33)21-11-9-20(27)10-12-21/h1-12,24H,13-17H2. The Labute approximate surface area is 195 Å². The molecule has 1 atom stereocenters. The number of nitrogens with zero attached hydrogens (tertiary/aromatic N) is 6. The topological polar surface area (TPSA) is 50.1 Å². The average Bonchev–Trinajstić information content (AvgIpc) is 3.30. The lowest BCUT2D eigenvalue weighted by Gasteiger charge is -2.40. The van der Waals surface area contributed by atoms with Gasteiger partial charge in [0.1, 0.15) is 23.5 Å². The van der Waals surface area contributed by atoms with Crippen molar-refractivity contribution >= 4 is 5.69 Å². The molecule has 6 nitrogen and oxygen atoms in total. The van der Waals surface area contributed by atoms with Gasteiger partial charge < -0.3 is 4.90 Å². The maximum absolute atomic E-state index is 15.0. The molecule has 1 aromatic heterocycles.